The number of aromatic nitrogens is 4. The summed E-state index contributed by atoms with van der Waals surface area (Å²) in [5.41, 5.74) is 40.1. The summed E-state index contributed by atoms with van der Waals surface area (Å²) in [6, 6.07) is 151. The second-order valence-electron chi connectivity index (χ2n) is 35.5. The molecule has 0 radical (unpaired) electrons. The molecular weight excluding hydrogens is 1530 g/mol. The molecular formula is C120H80N4O2. The maximum Gasteiger partial charge on any atom is 0.137 e. The molecule has 6 aromatic heterocycles. The second-order valence-corrected chi connectivity index (χ2v) is 35.5. The van der Waals surface area contributed by atoms with Gasteiger partial charge in [0.05, 0.1) is 44.1 Å². The third-order valence-corrected chi connectivity index (χ3v) is 27.8. The van der Waals surface area contributed by atoms with Gasteiger partial charge >= 0.3 is 0 Å². The van der Waals surface area contributed by atoms with Crippen LogP contribution in [0.4, 0.5) is 0 Å². The zero-order chi connectivity index (χ0) is 83.4. The molecule has 0 atom stereocenters. The van der Waals surface area contributed by atoms with E-state index in [1.54, 1.807) is 0 Å². The molecule has 2 aliphatic rings. The van der Waals surface area contributed by atoms with Gasteiger partial charge in [-0.1, -0.05) is 276 Å². The summed E-state index contributed by atoms with van der Waals surface area (Å²) in [6.07, 6.45) is 0. The molecule has 6 nitrogen and oxygen atoms in total. The summed E-state index contributed by atoms with van der Waals surface area (Å²) >= 11 is 0. The molecule has 19 aromatic carbocycles. The Kier molecular flexibility index (Phi) is 15.5. The molecule has 0 saturated carbocycles. The van der Waals surface area contributed by atoms with E-state index in [4.69, 9.17) is 8.83 Å². The fourth-order valence-electron chi connectivity index (χ4n) is 21.7. The first-order valence-electron chi connectivity index (χ1n) is 43.7. The molecule has 6 heterocycles. The Morgan fingerprint density at radius 3 is 0.849 bits per heavy atom. The second kappa shape index (κ2) is 27.2. The van der Waals surface area contributed by atoms with Crippen LogP contribution in [0.15, 0.2) is 421 Å². The molecule has 0 unspecified atom stereocenters. The lowest BCUT2D eigenvalue weighted by molar-refractivity contribution is 0.661. The zero-order valence-electron chi connectivity index (χ0n) is 69.9. The Balaban J connectivity index is 0.000000135. The van der Waals surface area contributed by atoms with E-state index in [1.165, 1.54) is 171 Å². The van der Waals surface area contributed by atoms with Crippen LogP contribution in [0.2, 0.25) is 0 Å². The number of rotatable bonds is 9. The van der Waals surface area contributed by atoms with Crippen molar-refractivity contribution in [3.8, 4) is 101 Å². The lowest BCUT2D eigenvalue weighted by atomic mass is 9.82. The van der Waals surface area contributed by atoms with Crippen LogP contribution in [0, 0.1) is 0 Å². The first kappa shape index (κ1) is 71.7. The summed E-state index contributed by atoms with van der Waals surface area (Å²) in [5.74, 6) is 0. The van der Waals surface area contributed by atoms with Crippen LogP contribution in [0.25, 0.3) is 232 Å². The lowest BCUT2D eigenvalue weighted by Crippen LogP contribution is -2.14. The number of nitrogens with zero attached hydrogens (tertiary/aromatic N) is 4. The van der Waals surface area contributed by atoms with Gasteiger partial charge in [0, 0.05) is 110 Å². The number of furan rings is 2. The SMILES string of the molecule is CC1(C)c2ccccc2-c2cc3c4cc(-c5ccc6c(c5)c5cc7c(cc5n6-c5cc(-c6ccccc6)cc(-c6ccccc6)c5)oc5ccccc57)ccc4n(-c4ccccc4)c3cc21.CC1(C)c2ccccc2-c2cc3c4cc(-c5ccc6c(c5)c5cc7c(cc5n6-c5ccc(-c6ccccc6)cc5)oc5ccccc57)ccc4n(-c4ccccc4)c3cc21. The number of para-hydroxylation sites is 4. The van der Waals surface area contributed by atoms with Crippen LogP contribution < -0.4 is 0 Å². The fourth-order valence-corrected chi connectivity index (χ4v) is 21.7. The number of benzene rings is 19. The van der Waals surface area contributed by atoms with Crippen molar-refractivity contribution >= 4 is 131 Å². The number of hydrogen-bond acceptors (Lipinski definition) is 2. The standard InChI is InChI=1S/C63H42N2O.C57H38N2O/c1-63(2)55-24-14-12-22-47(55)49-35-52-50-33-41(26-28-57(50)64(59(52)37-56(49)63)45-20-10-5-11-21-45)42-27-29-58-51(34-42)53-36-54-48-23-13-15-25-61(48)66-62(54)38-60(53)65(58)46-31-43(39-16-6-3-7-17-39)30-44(32-46)40-18-8-4-9-19-40;1-57(2)49-19-11-9-17-41(49)43-31-46-44-29-37(23-27-51(44)58(53(46)33-50(43)57)39-15-7-4-8-16-39)38-24-28-52-45(30-38)47-32-48-42-18-10-12-20-55(42)60-56(48)34-54(47)59(52)40-25-21-36(22-26-40)35-13-5-3-6-14-35/h3-38H,1-2H3;3-34H,1-2H3. The van der Waals surface area contributed by atoms with E-state index in [0.717, 1.165) is 83.0 Å². The van der Waals surface area contributed by atoms with Gasteiger partial charge in [-0.25, -0.2) is 0 Å². The van der Waals surface area contributed by atoms with E-state index in [1.807, 2.05) is 12.1 Å². The predicted molar refractivity (Wildman–Crippen MR) is 527 cm³/mol. The molecule has 0 spiro atoms. The van der Waals surface area contributed by atoms with E-state index in [2.05, 4.69) is 446 Å². The van der Waals surface area contributed by atoms with E-state index in [0.29, 0.717) is 0 Å². The Labute approximate surface area is 727 Å². The highest BCUT2D eigenvalue weighted by Gasteiger charge is 2.38. The average molecular weight is 1610 g/mol. The van der Waals surface area contributed by atoms with Crippen molar-refractivity contribution in [1.29, 1.82) is 0 Å². The largest absolute Gasteiger partial charge is 0.456 e. The van der Waals surface area contributed by atoms with Crippen molar-refractivity contribution in [3.63, 3.8) is 0 Å². The summed E-state index contributed by atoms with van der Waals surface area (Å²) in [7, 11) is 0. The van der Waals surface area contributed by atoms with Crippen molar-refractivity contribution in [2.75, 3.05) is 0 Å². The minimum Gasteiger partial charge on any atom is -0.456 e. The first-order chi connectivity index (χ1) is 61.9. The molecule has 0 saturated heterocycles. The fraction of sp³-hybridized carbons (Fsp3) is 0.0500. The third kappa shape index (κ3) is 10.8. The van der Waals surface area contributed by atoms with Gasteiger partial charge in [-0.15, -0.1) is 0 Å². The van der Waals surface area contributed by atoms with Gasteiger partial charge in [-0.3, -0.25) is 0 Å². The Hall–Kier alpha value is -16.0. The number of fused-ring (bicyclic) bond motifs is 24. The quantitative estimate of drug-likeness (QED) is 0.145. The molecule has 0 N–H and O–H groups in total. The average Bonchev–Trinajstić information content (AvgIpc) is 1.55. The van der Waals surface area contributed by atoms with Crippen molar-refractivity contribution < 1.29 is 8.83 Å². The van der Waals surface area contributed by atoms with Crippen LogP contribution >= 0.6 is 0 Å². The minimum absolute atomic E-state index is 0.0872. The van der Waals surface area contributed by atoms with Crippen LogP contribution in [-0.2, 0) is 10.8 Å². The van der Waals surface area contributed by atoms with Crippen LogP contribution in [0.5, 0.6) is 0 Å². The minimum atomic E-state index is -0.0991. The lowest BCUT2D eigenvalue weighted by Gasteiger charge is -2.21. The van der Waals surface area contributed by atoms with Crippen molar-refractivity contribution in [2.45, 2.75) is 38.5 Å². The molecule has 126 heavy (non-hydrogen) atoms. The van der Waals surface area contributed by atoms with Crippen LogP contribution in [0.3, 0.4) is 0 Å². The maximum atomic E-state index is 6.58. The monoisotopic (exact) mass is 1610 g/mol. The predicted octanol–water partition coefficient (Wildman–Crippen LogP) is 32.5. The van der Waals surface area contributed by atoms with Gasteiger partial charge in [0.1, 0.15) is 22.3 Å². The highest BCUT2D eigenvalue weighted by Crippen LogP contribution is 2.55. The Morgan fingerprint density at radius 1 is 0.159 bits per heavy atom. The molecule has 0 aliphatic heterocycles. The van der Waals surface area contributed by atoms with Gasteiger partial charge in [-0.2, -0.15) is 0 Å². The molecule has 25 aromatic rings. The van der Waals surface area contributed by atoms with Crippen molar-refractivity contribution in [1.82, 2.24) is 18.3 Å². The molecule has 27 rings (SSSR count). The smallest absolute Gasteiger partial charge is 0.137 e. The molecule has 592 valence electrons. The zero-order valence-corrected chi connectivity index (χ0v) is 69.9. The highest BCUT2D eigenvalue weighted by molar-refractivity contribution is 6.21. The molecule has 0 fully saturated rings. The molecule has 6 heteroatoms. The van der Waals surface area contributed by atoms with Crippen LogP contribution in [0.1, 0.15) is 49.9 Å². The summed E-state index contributed by atoms with van der Waals surface area (Å²) < 4.78 is 22.8. The highest BCUT2D eigenvalue weighted by atomic mass is 16.3. The molecule has 0 bridgehead atoms. The van der Waals surface area contributed by atoms with E-state index >= 15 is 0 Å². The Bertz CT molecular complexity index is 8800. The van der Waals surface area contributed by atoms with Gasteiger partial charge in [-0.05, 0) is 252 Å². The normalized spacial score (nSPS) is 13.2. The topological polar surface area (TPSA) is 46.0 Å². The maximum absolute atomic E-state index is 6.58. The van der Waals surface area contributed by atoms with Gasteiger partial charge in [0.15, 0.2) is 0 Å². The third-order valence-electron chi connectivity index (χ3n) is 27.8. The van der Waals surface area contributed by atoms with E-state index < -0.39 is 0 Å². The van der Waals surface area contributed by atoms with E-state index in [9.17, 15) is 0 Å². The van der Waals surface area contributed by atoms with E-state index in [-0.39, 0.29) is 10.8 Å². The van der Waals surface area contributed by atoms with Gasteiger partial charge < -0.3 is 27.1 Å². The van der Waals surface area contributed by atoms with Gasteiger partial charge in [0.2, 0.25) is 0 Å². The van der Waals surface area contributed by atoms with Crippen molar-refractivity contribution in [2.24, 2.45) is 0 Å². The van der Waals surface area contributed by atoms with Gasteiger partial charge in [0.25, 0.3) is 0 Å². The summed E-state index contributed by atoms with van der Waals surface area (Å²) in [5, 5.41) is 14.4. The molecule has 2 aliphatic carbocycles. The Morgan fingerprint density at radius 2 is 0.452 bits per heavy atom. The first-order valence-corrected chi connectivity index (χ1v) is 43.7. The summed E-state index contributed by atoms with van der Waals surface area (Å²) in [4.78, 5) is 0. The molecule has 0 amide bonds. The van der Waals surface area contributed by atoms with Crippen molar-refractivity contribution in [3.05, 3.63) is 435 Å². The number of hydrogen-bond donors (Lipinski definition) is 0. The van der Waals surface area contributed by atoms with Crippen LogP contribution in [-0.4, -0.2) is 18.3 Å². The summed E-state index contributed by atoms with van der Waals surface area (Å²) in [6.45, 7) is 9.47.